The fourth-order valence-corrected chi connectivity index (χ4v) is 3.89. The van der Waals surface area contributed by atoms with Crippen molar-refractivity contribution in [1.29, 1.82) is 0 Å². The van der Waals surface area contributed by atoms with E-state index in [2.05, 4.69) is 10.3 Å². The summed E-state index contributed by atoms with van der Waals surface area (Å²) in [6.45, 7) is 0. The minimum atomic E-state index is -4.21. The number of carbonyl (C=O) groups excluding carboxylic acids is 1. The Hall–Kier alpha value is -1.96. The summed E-state index contributed by atoms with van der Waals surface area (Å²) in [6.07, 6.45) is 0.215. The number of alkyl halides is 3. The molecule has 1 aromatic heterocycles. The van der Waals surface area contributed by atoms with Crippen molar-refractivity contribution in [3.8, 4) is 5.69 Å². The van der Waals surface area contributed by atoms with Gasteiger partial charge in [0.1, 0.15) is 5.69 Å². The summed E-state index contributed by atoms with van der Waals surface area (Å²) in [4.78, 5) is 17.0. The van der Waals surface area contributed by atoms with Crippen LogP contribution in [0.15, 0.2) is 41.7 Å². The Labute approximate surface area is 154 Å². The van der Waals surface area contributed by atoms with Crippen molar-refractivity contribution < 1.29 is 18.0 Å². The average molecular weight is 383 g/mol. The second-order valence-corrected chi connectivity index (χ2v) is 7.15. The van der Waals surface area contributed by atoms with E-state index >= 15 is 0 Å². The minimum absolute atomic E-state index is 0.0654. The maximum absolute atomic E-state index is 13.0. The topological polar surface area (TPSA) is 46.9 Å². The molecule has 0 saturated heterocycles. The molecule has 1 aliphatic carbocycles. The summed E-state index contributed by atoms with van der Waals surface area (Å²) >= 11 is 1.40. The van der Waals surface area contributed by atoms with E-state index in [0.29, 0.717) is 23.7 Å². The van der Waals surface area contributed by atoms with Gasteiger partial charge in [-0.2, -0.15) is 13.2 Å². The highest BCUT2D eigenvalue weighted by molar-refractivity contribution is 7.98. The number of hydrogen-bond acceptors (Lipinski definition) is 3. The molecule has 4 nitrogen and oxygen atoms in total. The molecule has 0 radical (unpaired) electrons. The van der Waals surface area contributed by atoms with E-state index in [1.807, 2.05) is 36.6 Å². The van der Waals surface area contributed by atoms with Crippen LogP contribution >= 0.6 is 11.8 Å². The highest BCUT2D eigenvalue weighted by Crippen LogP contribution is 2.37. The van der Waals surface area contributed by atoms with Crippen molar-refractivity contribution in [1.82, 2.24) is 14.9 Å². The molecule has 140 valence electrons. The number of nitrogens with one attached hydrogen (secondary N) is 1. The van der Waals surface area contributed by atoms with Gasteiger partial charge in [-0.1, -0.05) is 36.4 Å². The summed E-state index contributed by atoms with van der Waals surface area (Å²) in [5.41, 5.74) is 1.12. The van der Waals surface area contributed by atoms with E-state index < -0.39 is 24.0 Å². The first-order valence-corrected chi connectivity index (χ1v) is 9.67. The number of para-hydroxylation sites is 1. The molecule has 1 saturated carbocycles. The van der Waals surface area contributed by atoms with E-state index in [-0.39, 0.29) is 12.8 Å². The molecule has 1 aromatic carbocycles. The zero-order chi connectivity index (χ0) is 18.7. The van der Waals surface area contributed by atoms with E-state index in [0.717, 1.165) is 5.69 Å². The Kier molecular flexibility index (Phi) is 5.60. The van der Waals surface area contributed by atoms with Gasteiger partial charge in [-0.15, -0.1) is 0 Å². The third kappa shape index (κ3) is 4.06. The molecule has 0 aliphatic heterocycles. The number of nitrogens with zero attached hydrogens (tertiary/aromatic N) is 2. The van der Waals surface area contributed by atoms with Gasteiger partial charge in [0.15, 0.2) is 5.16 Å². The smallest absolute Gasteiger partial charge is 0.348 e. The van der Waals surface area contributed by atoms with Gasteiger partial charge < -0.3 is 5.32 Å². The molecule has 8 heteroatoms. The van der Waals surface area contributed by atoms with E-state index in [1.165, 1.54) is 18.0 Å². The summed E-state index contributed by atoms with van der Waals surface area (Å²) in [5.74, 6) is -1.74. The van der Waals surface area contributed by atoms with Crippen molar-refractivity contribution in [3.05, 3.63) is 42.2 Å². The van der Waals surface area contributed by atoms with Gasteiger partial charge in [-0.3, -0.25) is 9.36 Å². The SMILES string of the molecule is CSc1ncc(C(=O)N[C@@H]2CCC[C@@H](C(F)(F)F)C2)n1-c1ccccc1. The number of thioether (sulfide) groups is 1. The van der Waals surface area contributed by atoms with Crippen LogP contribution in [0.2, 0.25) is 0 Å². The lowest BCUT2D eigenvalue weighted by atomic mass is 9.85. The Morgan fingerprint density at radius 2 is 2.00 bits per heavy atom. The van der Waals surface area contributed by atoms with E-state index in [9.17, 15) is 18.0 Å². The number of halogens is 3. The van der Waals surface area contributed by atoms with E-state index in [4.69, 9.17) is 0 Å². The molecule has 0 bridgehead atoms. The van der Waals surface area contributed by atoms with Gasteiger partial charge >= 0.3 is 6.18 Å². The number of hydrogen-bond donors (Lipinski definition) is 1. The highest BCUT2D eigenvalue weighted by atomic mass is 32.2. The first kappa shape index (κ1) is 18.8. The Morgan fingerprint density at radius 3 is 2.65 bits per heavy atom. The number of carbonyl (C=O) groups is 1. The fraction of sp³-hybridized carbons (Fsp3) is 0.444. The summed E-state index contributed by atoms with van der Waals surface area (Å²) in [5, 5.41) is 3.43. The Bertz CT molecular complexity index is 761. The molecule has 1 amide bonds. The number of rotatable bonds is 4. The maximum atomic E-state index is 13.0. The van der Waals surface area contributed by atoms with Crippen LogP contribution in [0.5, 0.6) is 0 Å². The fourth-order valence-electron chi connectivity index (χ4n) is 3.34. The van der Waals surface area contributed by atoms with Gasteiger partial charge in [0.2, 0.25) is 0 Å². The third-order valence-electron chi connectivity index (χ3n) is 4.63. The number of imidazole rings is 1. The molecule has 1 aliphatic rings. The molecular weight excluding hydrogens is 363 g/mol. The maximum Gasteiger partial charge on any atom is 0.391 e. The zero-order valence-electron chi connectivity index (χ0n) is 14.3. The zero-order valence-corrected chi connectivity index (χ0v) is 15.1. The largest absolute Gasteiger partial charge is 0.391 e. The molecule has 2 aromatic rings. The Morgan fingerprint density at radius 1 is 1.27 bits per heavy atom. The van der Waals surface area contributed by atoms with Gasteiger partial charge in [-0.25, -0.2) is 4.98 Å². The lowest BCUT2D eigenvalue weighted by Gasteiger charge is -2.31. The van der Waals surface area contributed by atoms with Gasteiger partial charge in [0.05, 0.1) is 12.1 Å². The summed E-state index contributed by atoms with van der Waals surface area (Å²) in [6, 6.07) is 8.83. The molecular formula is C18H20F3N3OS. The van der Waals surface area contributed by atoms with Crippen LogP contribution in [0.25, 0.3) is 5.69 Å². The highest BCUT2D eigenvalue weighted by Gasteiger charge is 2.42. The molecule has 26 heavy (non-hydrogen) atoms. The van der Waals surface area contributed by atoms with Crippen molar-refractivity contribution >= 4 is 17.7 Å². The third-order valence-corrected chi connectivity index (χ3v) is 5.28. The van der Waals surface area contributed by atoms with Gasteiger partial charge in [0, 0.05) is 11.7 Å². The first-order valence-electron chi connectivity index (χ1n) is 8.45. The predicted molar refractivity (Wildman–Crippen MR) is 94.6 cm³/mol. The summed E-state index contributed by atoms with van der Waals surface area (Å²) < 4.78 is 40.7. The lowest BCUT2D eigenvalue weighted by molar-refractivity contribution is -0.183. The van der Waals surface area contributed by atoms with Crippen LogP contribution in [-0.2, 0) is 0 Å². The molecule has 1 fully saturated rings. The lowest BCUT2D eigenvalue weighted by Crippen LogP contribution is -2.42. The monoisotopic (exact) mass is 383 g/mol. The van der Waals surface area contributed by atoms with Gasteiger partial charge in [0.25, 0.3) is 5.91 Å². The first-order chi connectivity index (χ1) is 12.4. The molecule has 0 unspecified atom stereocenters. The average Bonchev–Trinajstić information content (AvgIpc) is 3.06. The minimum Gasteiger partial charge on any atom is -0.348 e. The normalized spacial score (nSPS) is 20.8. The molecule has 2 atom stereocenters. The van der Waals surface area contributed by atoms with Crippen LogP contribution in [0.4, 0.5) is 13.2 Å². The quantitative estimate of drug-likeness (QED) is 0.794. The van der Waals surface area contributed by atoms with Crippen molar-refractivity contribution in [2.45, 2.75) is 43.1 Å². The van der Waals surface area contributed by atoms with Crippen LogP contribution in [-0.4, -0.2) is 33.9 Å². The number of benzene rings is 1. The summed E-state index contributed by atoms with van der Waals surface area (Å²) in [7, 11) is 0. The molecule has 0 spiro atoms. The van der Waals surface area contributed by atoms with Crippen molar-refractivity contribution in [3.63, 3.8) is 0 Å². The van der Waals surface area contributed by atoms with Crippen molar-refractivity contribution in [2.75, 3.05) is 6.26 Å². The van der Waals surface area contributed by atoms with Gasteiger partial charge in [-0.05, 0) is 37.7 Å². The molecule has 1 N–H and O–H groups in total. The number of amides is 1. The second-order valence-electron chi connectivity index (χ2n) is 6.38. The van der Waals surface area contributed by atoms with Crippen LogP contribution in [0, 0.1) is 5.92 Å². The predicted octanol–water partition coefficient (Wildman–Crippen LogP) is 4.45. The van der Waals surface area contributed by atoms with Crippen LogP contribution < -0.4 is 5.32 Å². The molecule has 3 rings (SSSR count). The Balaban J connectivity index is 1.80. The standard InChI is InChI=1S/C18H20F3N3OS/c1-26-17-22-11-15(24(17)14-8-3-2-4-9-14)16(25)23-13-7-5-6-12(10-13)18(19,20)21/h2-4,8-9,11-13H,5-7,10H2,1H3,(H,23,25)/t12-,13-/m1/s1. The van der Waals surface area contributed by atoms with Crippen LogP contribution in [0.1, 0.15) is 36.2 Å². The van der Waals surface area contributed by atoms with Crippen LogP contribution in [0.3, 0.4) is 0 Å². The second kappa shape index (κ2) is 7.73. The van der Waals surface area contributed by atoms with E-state index in [1.54, 1.807) is 4.57 Å². The molecule has 1 heterocycles. The number of aromatic nitrogens is 2. The van der Waals surface area contributed by atoms with Crippen molar-refractivity contribution in [2.24, 2.45) is 5.92 Å².